The van der Waals surface area contributed by atoms with Crippen molar-refractivity contribution >= 4 is 40.2 Å². The smallest absolute Gasteiger partial charge is 0.354 e. The lowest BCUT2D eigenvalue weighted by atomic mass is 10.0. The summed E-state index contributed by atoms with van der Waals surface area (Å²) in [4.78, 5) is 25.8. The number of aromatic amines is 1. The Labute approximate surface area is 275 Å². The largest absolute Gasteiger partial charge is 0.388 e. The second-order valence-corrected chi connectivity index (χ2v) is 13.1. The van der Waals surface area contributed by atoms with Gasteiger partial charge in [0, 0.05) is 47.1 Å². The second-order valence-electron chi connectivity index (χ2n) is 11.8. The van der Waals surface area contributed by atoms with Gasteiger partial charge in [0.05, 0.1) is 28.8 Å². The van der Waals surface area contributed by atoms with Gasteiger partial charge in [-0.1, -0.05) is 30.5 Å². The number of H-pyrrole nitrogens is 1. The molecular formula is C33H39ClF3N7OS. The van der Waals surface area contributed by atoms with E-state index in [4.69, 9.17) is 23.1 Å². The molecule has 2 aromatic carbocycles. The van der Waals surface area contributed by atoms with Gasteiger partial charge in [-0.2, -0.15) is 4.98 Å². The molecule has 0 bridgehead atoms. The van der Waals surface area contributed by atoms with E-state index < -0.39 is 30.4 Å². The van der Waals surface area contributed by atoms with Crippen LogP contribution in [0.1, 0.15) is 62.6 Å². The Morgan fingerprint density at radius 1 is 1.22 bits per heavy atom. The highest BCUT2D eigenvalue weighted by Crippen LogP contribution is 2.35. The standard InChI is InChI=1S/C33H39ClF3N7OS/c1-19(39)40-12-10-22-5-3-4-6-27(41-22)24-8-7-23(16-29(24)46-2)44-17-21-15-28(42-31(21)43-32(44)45)25-13-20(14-26(34)30(25)35)9-11-33(36,37)18-38/h7-8,13-17,22,27,41H,3-6,9-12,18,38H2,1-2H3,(H2,39,40)(H,42,43,45)/t22-,27-/m0/s1. The molecule has 1 aliphatic rings. The minimum absolute atomic E-state index is 0.0340. The molecule has 6 N–H and O–H groups in total. The monoisotopic (exact) mass is 673 g/mol. The third-order valence-electron chi connectivity index (χ3n) is 8.41. The number of hydrogen-bond donors (Lipinski definition) is 4. The summed E-state index contributed by atoms with van der Waals surface area (Å²) in [6, 6.07) is 11.0. The van der Waals surface area contributed by atoms with E-state index in [0.29, 0.717) is 40.8 Å². The zero-order valence-corrected chi connectivity index (χ0v) is 27.5. The van der Waals surface area contributed by atoms with Gasteiger partial charge in [-0.15, -0.1) is 11.8 Å². The van der Waals surface area contributed by atoms with Crippen LogP contribution in [0.3, 0.4) is 0 Å². The van der Waals surface area contributed by atoms with Crippen LogP contribution in [-0.4, -0.2) is 51.7 Å². The Morgan fingerprint density at radius 2 is 2.00 bits per heavy atom. The number of aryl methyl sites for hydroxylation is 1. The maximum Gasteiger partial charge on any atom is 0.354 e. The van der Waals surface area contributed by atoms with Gasteiger partial charge in [0.2, 0.25) is 0 Å². The molecule has 2 atom stereocenters. The number of benzene rings is 2. The molecule has 13 heteroatoms. The van der Waals surface area contributed by atoms with Crippen LogP contribution in [0.15, 0.2) is 57.3 Å². The van der Waals surface area contributed by atoms with Gasteiger partial charge >= 0.3 is 5.69 Å². The number of alkyl halides is 2. The molecule has 3 heterocycles. The Hall–Kier alpha value is -3.32. The van der Waals surface area contributed by atoms with Crippen molar-refractivity contribution < 1.29 is 13.2 Å². The maximum atomic E-state index is 15.2. The van der Waals surface area contributed by atoms with Crippen molar-refractivity contribution in [3.63, 3.8) is 0 Å². The molecule has 1 aliphatic heterocycles. The number of nitrogens with two attached hydrogens (primary N) is 2. The highest BCUT2D eigenvalue weighted by Gasteiger charge is 2.27. The molecular weight excluding hydrogens is 635 g/mol. The number of halogens is 4. The molecule has 0 saturated carbocycles. The summed E-state index contributed by atoms with van der Waals surface area (Å²) in [5.74, 6) is -3.14. The summed E-state index contributed by atoms with van der Waals surface area (Å²) in [6.07, 6.45) is 8.45. The normalized spacial score (nSPS) is 17.8. The van der Waals surface area contributed by atoms with Crippen LogP contribution < -0.4 is 22.5 Å². The summed E-state index contributed by atoms with van der Waals surface area (Å²) >= 11 is 7.76. The van der Waals surface area contributed by atoms with Crippen LogP contribution in [0.5, 0.6) is 0 Å². The van der Waals surface area contributed by atoms with Crippen LogP contribution in [0, 0.1) is 5.82 Å². The van der Waals surface area contributed by atoms with E-state index in [1.807, 2.05) is 18.4 Å². The number of thioether (sulfide) groups is 1. The predicted octanol–water partition coefficient (Wildman–Crippen LogP) is 6.76. The highest BCUT2D eigenvalue weighted by molar-refractivity contribution is 7.98. The third-order valence-corrected chi connectivity index (χ3v) is 9.47. The van der Waals surface area contributed by atoms with Gasteiger partial charge in [-0.25, -0.2) is 18.0 Å². The number of rotatable bonds is 11. The first-order chi connectivity index (χ1) is 22.0. The molecule has 0 aliphatic carbocycles. The van der Waals surface area contributed by atoms with E-state index in [0.717, 1.165) is 37.0 Å². The average molecular weight is 674 g/mol. The zero-order chi connectivity index (χ0) is 33.0. The number of nitrogens with one attached hydrogen (secondary N) is 2. The predicted molar refractivity (Wildman–Crippen MR) is 181 cm³/mol. The Balaban J connectivity index is 1.43. The van der Waals surface area contributed by atoms with Crippen LogP contribution in [0.25, 0.3) is 28.0 Å². The quantitative estimate of drug-likeness (QED) is 0.0792. The molecule has 8 nitrogen and oxygen atoms in total. The van der Waals surface area contributed by atoms with E-state index in [9.17, 15) is 13.6 Å². The number of nitrogens with zero attached hydrogens (tertiary/aromatic N) is 3. The average Bonchev–Trinajstić information content (AvgIpc) is 3.29. The minimum Gasteiger partial charge on any atom is -0.388 e. The fourth-order valence-corrected chi connectivity index (χ4v) is 6.86. The lowest BCUT2D eigenvalue weighted by Gasteiger charge is -2.25. The fourth-order valence-electron chi connectivity index (χ4n) is 5.94. The molecule has 1 saturated heterocycles. The fraction of sp³-hybridized carbons (Fsp3) is 0.424. The van der Waals surface area contributed by atoms with Crippen molar-refractivity contribution in [1.82, 2.24) is 19.9 Å². The number of aliphatic imine (C=N–C) groups is 1. The minimum atomic E-state index is -3.04. The Morgan fingerprint density at radius 3 is 2.74 bits per heavy atom. The molecule has 4 aromatic rings. The van der Waals surface area contributed by atoms with Gasteiger partial charge in [0.25, 0.3) is 5.92 Å². The molecule has 0 spiro atoms. The molecule has 1 fully saturated rings. The first kappa shape index (κ1) is 34.0. The molecule has 46 heavy (non-hydrogen) atoms. The van der Waals surface area contributed by atoms with Gasteiger partial charge in [0.1, 0.15) is 5.65 Å². The number of amidine groups is 1. The lowest BCUT2D eigenvalue weighted by molar-refractivity contribution is 0.00246. The highest BCUT2D eigenvalue weighted by atomic mass is 35.5. The maximum absolute atomic E-state index is 15.2. The van der Waals surface area contributed by atoms with Crippen molar-refractivity contribution in [3.8, 4) is 16.9 Å². The first-order valence-corrected chi connectivity index (χ1v) is 17.0. The molecule has 5 rings (SSSR count). The van der Waals surface area contributed by atoms with Gasteiger partial charge in [-0.3, -0.25) is 9.56 Å². The molecule has 2 aromatic heterocycles. The van der Waals surface area contributed by atoms with Crippen LogP contribution in [-0.2, 0) is 6.42 Å². The van der Waals surface area contributed by atoms with Crippen LogP contribution >= 0.6 is 23.4 Å². The van der Waals surface area contributed by atoms with Gasteiger partial charge < -0.3 is 21.8 Å². The SMILES string of the molecule is CSc1cc(-n2cc3cc(-c4cc(CCC(F)(F)CN)cc(Cl)c4F)[nH]c3nc2=O)ccc1[C@@H]1CCCC[C@@H](CCN=C(C)N)N1. The second kappa shape index (κ2) is 14.6. The van der Waals surface area contributed by atoms with Crippen molar-refractivity contribution in [2.45, 2.75) is 74.8 Å². The lowest BCUT2D eigenvalue weighted by Crippen LogP contribution is -2.32. The summed E-state index contributed by atoms with van der Waals surface area (Å²) < 4.78 is 44.2. The van der Waals surface area contributed by atoms with Crippen molar-refractivity contribution in [2.24, 2.45) is 16.5 Å². The van der Waals surface area contributed by atoms with E-state index in [-0.39, 0.29) is 28.7 Å². The Bertz CT molecular complexity index is 1790. The summed E-state index contributed by atoms with van der Waals surface area (Å²) in [7, 11) is 0. The number of aromatic nitrogens is 3. The molecule has 0 amide bonds. The van der Waals surface area contributed by atoms with E-state index >= 15 is 4.39 Å². The summed E-state index contributed by atoms with van der Waals surface area (Å²) in [5.41, 5.74) is 13.4. The third kappa shape index (κ3) is 7.96. The summed E-state index contributed by atoms with van der Waals surface area (Å²) in [5, 5.41) is 4.22. The number of fused-ring (bicyclic) bond motifs is 1. The van der Waals surface area contributed by atoms with Crippen molar-refractivity contribution in [3.05, 3.63) is 75.0 Å². The molecule has 0 unspecified atom stereocenters. The molecule has 246 valence electrons. The van der Waals surface area contributed by atoms with E-state index in [1.54, 1.807) is 30.9 Å². The Kier molecular flexibility index (Phi) is 10.8. The van der Waals surface area contributed by atoms with Crippen LogP contribution in [0.2, 0.25) is 5.02 Å². The van der Waals surface area contributed by atoms with E-state index in [1.165, 1.54) is 22.3 Å². The van der Waals surface area contributed by atoms with Crippen molar-refractivity contribution in [1.29, 1.82) is 0 Å². The van der Waals surface area contributed by atoms with E-state index in [2.05, 4.69) is 26.3 Å². The number of hydrogen-bond acceptors (Lipinski definition) is 6. The summed E-state index contributed by atoms with van der Waals surface area (Å²) in [6.45, 7) is 1.72. The van der Waals surface area contributed by atoms with Gasteiger partial charge in [-0.05, 0) is 80.3 Å². The first-order valence-electron chi connectivity index (χ1n) is 15.4. The van der Waals surface area contributed by atoms with Crippen molar-refractivity contribution in [2.75, 3.05) is 19.3 Å². The van der Waals surface area contributed by atoms with Crippen LogP contribution in [0.4, 0.5) is 13.2 Å². The van der Waals surface area contributed by atoms with Gasteiger partial charge in [0.15, 0.2) is 5.82 Å². The molecule has 0 radical (unpaired) electrons. The zero-order valence-electron chi connectivity index (χ0n) is 25.9. The topological polar surface area (TPSA) is 127 Å².